The minimum absolute atomic E-state index is 0.0252. The molecule has 96 valence electrons. The molecule has 4 nitrogen and oxygen atoms in total. The minimum atomic E-state index is -0.242. The monoisotopic (exact) mass is 284 g/mol. The molecular formula is C12H13ClN2O2S. The molecule has 1 heterocycles. The fourth-order valence-electron chi connectivity index (χ4n) is 1.45. The molecule has 0 spiro atoms. The van der Waals surface area contributed by atoms with Crippen LogP contribution in [0.3, 0.4) is 0 Å². The summed E-state index contributed by atoms with van der Waals surface area (Å²) in [4.78, 5) is 15.9. The maximum atomic E-state index is 11.6. The summed E-state index contributed by atoms with van der Waals surface area (Å²) in [5.74, 6) is -0.0252. The number of benzene rings is 1. The number of aromatic nitrogens is 1. The van der Waals surface area contributed by atoms with Crippen LogP contribution in [-0.4, -0.2) is 22.7 Å². The van der Waals surface area contributed by atoms with Gasteiger partial charge in [0, 0.05) is 17.6 Å². The van der Waals surface area contributed by atoms with Crippen LogP contribution in [0.4, 0.5) is 0 Å². The van der Waals surface area contributed by atoms with Crippen molar-refractivity contribution in [1.82, 2.24) is 10.3 Å². The Kier molecular flexibility index (Phi) is 4.14. The SMILES string of the molecule is CCNC(=O)[C@@H](C)Sc1nc2ccc(Cl)cc2o1. The van der Waals surface area contributed by atoms with Crippen molar-refractivity contribution in [3.8, 4) is 0 Å². The van der Waals surface area contributed by atoms with Crippen molar-refractivity contribution >= 4 is 40.4 Å². The van der Waals surface area contributed by atoms with Gasteiger partial charge < -0.3 is 9.73 Å². The number of hydrogen-bond acceptors (Lipinski definition) is 4. The Morgan fingerprint density at radius 3 is 3.11 bits per heavy atom. The maximum Gasteiger partial charge on any atom is 0.257 e. The van der Waals surface area contributed by atoms with Gasteiger partial charge in [-0.3, -0.25) is 4.79 Å². The molecule has 2 aromatic rings. The highest BCUT2D eigenvalue weighted by Crippen LogP contribution is 2.28. The maximum absolute atomic E-state index is 11.6. The van der Waals surface area contributed by atoms with E-state index in [2.05, 4.69) is 10.3 Å². The molecule has 0 unspecified atom stereocenters. The Morgan fingerprint density at radius 2 is 2.39 bits per heavy atom. The third kappa shape index (κ3) is 2.97. The molecule has 0 radical (unpaired) electrons. The molecule has 0 saturated carbocycles. The topological polar surface area (TPSA) is 55.1 Å². The Morgan fingerprint density at radius 1 is 1.61 bits per heavy atom. The fraction of sp³-hybridized carbons (Fsp3) is 0.333. The zero-order valence-electron chi connectivity index (χ0n) is 10.1. The van der Waals surface area contributed by atoms with E-state index in [1.165, 1.54) is 11.8 Å². The molecule has 1 atom stereocenters. The van der Waals surface area contributed by atoms with Crippen LogP contribution in [0.2, 0.25) is 5.02 Å². The molecular weight excluding hydrogens is 272 g/mol. The summed E-state index contributed by atoms with van der Waals surface area (Å²) >= 11 is 7.16. The lowest BCUT2D eigenvalue weighted by molar-refractivity contribution is -0.120. The third-order valence-electron chi connectivity index (χ3n) is 2.33. The standard InChI is InChI=1S/C12H13ClN2O2S/c1-3-14-11(16)7(2)18-12-15-9-5-4-8(13)6-10(9)17-12/h4-7H,3H2,1-2H3,(H,14,16)/t7-/m1/s1. The number of nitrogens with one attached hydrogen (secondary N) is 1. The van der Waals surface area contributed by atoms with E-state index in [9.17, 15) is 4.79 Å². The van der Waals surface area contributed by atoms with E-state index in [-0.39, 0.29) is 11.2 Å². The zero-order valence-corrected chi connectivity index (χ0v) is 11.6. The number of nitrogens with zero attached hydrogens (tertiary/aromatic N) is 1. The summed E-state index contributed by atoms with van der Waals surface area (Å²) in [6.07, 6.45) is 0. The predicted molar refractivity (Wildman–Crippen MR) is 73.0 cm³/mol. The van der Waals surface area contributed by atoms with Crippen LogP contribution in [0.5, 0.6) is 0 Å². The highest BCUT2D eigenvalue weighted by molar-refractivity contribution is 8.00. The minimum Gasteiger partial charge on any atom is -0.431 e. The van der Waals surface area contributed by atoms with E-state index >= 15 is 0 Å². The van der Waals surface area contributed by atoms with Gasteiger partial charge in [0.1, 0.15) is 5.52 Å². The molecule has 0 aliphatic carbocycles. The van der Waals surface area contributed by atoms with E-state index < -0.39 is 0 Å². The Labute approximate surface area is 114 Å². The molecule has 1 aromatic heterocycles. The van der Waals surface area contributed by atoms with Crippen molar-refractivity contribution in [1.29, 1.82) is 0 Å². The molecule has 1 aromatic carbocycles. The number of carbonyl (C=O) groups is 1. The zero-order chi connectivity index (χ0) is 13.1. The van der Waals surface area contributed by atoms with Crippen molar-refractivity contribution in [3.63, 3.8) is 0 Å². The quantitative estimate of drug-likeness (QED) is 0.877. The van der Waals surface area contributed by atoms with Gasteiger partial charge in [-0.15, -0.1) is 0 Å². The van der Waals surface area contributed by atoms with Gasteiger partial charge in [0.15, 0.2) is 5.58 Å². The van der Waals surface area contributed by atoms with Gasteiger partial charge in [-0.25, -0.2) is 4.98 Å². The second-order valence-electron chi connectivity index (χ2n) is 3.75. The Bertz CT molecular complexity index is 570. The summed E-state index contributed by atoms with van der Waals surface area (Å²) in [6, 6.07) is 5.26. The van der Waals surface area contributed by atoms with Gasteiger partial charge in [-0.1, -0.05) is 23.4 Å². The Hall–Kier alpha value is -1.20. The molecule has 0 bridgehead atoms. The first-order chi connectivity index (χ1) is 8.60. The first kappa shape index (κ1) is 13.2. The first-order valence-corrected chi connectivity index (χ1v) is 6.86. The summed E-state index contributed by atoms with van der Waals surface area (Å²) in [7, 11) is 0. The van der Waals surface area contributed by atoms with Gasteiger partial charge in [-0.2, -0.15) is 0 Å². The first-order valence-electron chi connectivity index (χ1n) is 5.60. The highest BCUT2D eigenvalue weighted by atomic mass is 35.5. The summed E-state index contributed by atoms with van der Waals surface area (Å²) < 4.78 is 5.54. The van der Waals surface area contributed by atoms with Gasteiger partial charge in [0.2, 0.25) is 5.91 Å². The number of fused-ring (bicyclic) bond motifs is 1. The second-order valence-corrected chi connectivity index (χ2v) is 5.47. The number of amides is 1. The largest absolute Gasteiger partial charge is 0.431 e. The molecule has 1 amide bonds. The molecule has 1 N–H and O–H groups in total. The van der Waals surface area contributed by atoms with Crippen molar-refractivity contribution in [2.45, 2.75) is 24.3 Å². The van der Waals surface area contributed by atoms with Crippen LogP contribution in [0, 0.1) is 0 Å². The normalized spacial score (nSPS) is 12.6. The molecule has 6 heteroatoms. The molecule has 0 aliphatic rings. The van der Waals surface area contributed by atoms with E-state index in [1.807, 2.05) is 13.8 Å². The molecule has 0 fully saturated rings. The summed E-state index contributed by atoms with van der Waals surface area (Å²) in [5, 5.41) is 3.60. The van der Waals surface area contributed by atoms with Crippen LogP contribution in [0.15, 0.2) is 27.8 Å². The van der Waals surface area contributed by atoms with Gasteiger partial charge in [0.05, 0.1) is 5.25 Å². The van der Waals surface area contributed by atoms with E-state index in [0.717, 1.165) is 5.52 Å². The molecule has 0 saturated heterocycles. The van der Waals surface area contributed by atoms with E-state index in [0.29, 0.717) is 22.4 Å². The van der Waals surface area contributed by atoms with Gasteiger partial charge >= 0.3 is 0 Å². The van der Waals surface area contributed by atoms with Crippen LogP contribution in [-0.2, 0) is 4.79 Å². The Balaban J connectivity index is 2.14. The van der Waals surface area contributed by atoms with E-state index in [1.54, 1.807) is 18.2 Å². The number of carbonyl (C=O) groups excluding carboxylic acids is 1. The van der Waals surface area contributed by atoms with Crippen LogP contribution >= 0.6 is 23.4 Å². The lowest BCUT2D eigenvalue weighted by Crippen LogP contribution is -2.30. The number of hydrogen-bond donors (Lipinski definition) is 1. The lowest BCUT2D eigenvalue weighted by atomic mass is 10.3. The van der Waals surface area contributed by atoms with Crippen molar-refractivity contribution < 1.29 is 9.21 Å². The average Bonchev–Trinajstić information content (AvgIpc) is 2.70. The lowest BCUT2D eigenvalue weighted by Gasteiger charge is -2.07. The van der Waals surface area contributed by atoms with Crippen LogP contribution in [0.1, 0.15) is 13.8 Å². The van der Waals surface area contributed by atoms with Gasteiger partial charge in [-0.05, 0) is 26.0 Å². The molecule has 2 rings (SSSR count). The summed E-state index contributed by atoms with van der Waals surface area (Å²) in [5.41, 5.74) is 1.37. The second kappa shape index (κ2) is 5.63. The smallest absolute Gasteiger partial charge is 0.257 e. The fourth-order valence-corrected chi connectivity index (χ4v) is 2.39. The summed E-state index contributed by atoms with van der Waals surface area (Å²) in [6.45, 7) is 4.32. The van der Waals surface area contributed by atoms with Crippen LogP contribution in [0.25, 0.3) is 11.1 Å². The average molecular weight is 285 g/mol. The van der Waals surface area contributed by atoms with Gasteiger partial charge in [0.25, 0.3) is 5.22 Å². The predicted octanol–water partition coefficient (Wildman–Crippen LogP) is 3.10. The molecule has 0 aliphatic heterocycles. The number of halogens is 1. The third-order valence-corrected chi connectivity index (χ3v) is 3.51. The van der Waals surface area contributed by atoms with Crippen molar-refractivity contribution in [2.24, 2.45) is 0 Å². The highest BCUT2D eigenvalue weighted by Gasteiger charge is 2.17. The van der Waals surface area contributed by atoms with Crippen molar-refractivity contribution in [2.75, 3.05) is 6.54 Å². The van der Waals surface area contributed by atoms with E-state index in [4.69, 9.17) is 16.0 Å². The number of oxazole rings is 1. The number of rotatable bonds is 4. The number of thioether (sulfide) groups is 1. The van der Waals surface area contributed by atoms with Crippen LogP contribution < -0.4 is 5.32 Å². The van der Waals surface area contributed by atoms with Crippen molar-refractivity contribution in [3.05, 3.63) is 23.2 Å². The molecule has 18 heavy (non-hydrogen) atoms.